The number of nitrogens with one attached hydrogen (secondary N) is 1. The van der Waals surface area contributed by atoms with Gasteiger partial charge in [-0.1, -0.05) is 17.9 Å². The molecule has 1 atom stereocenters. The molecule has 3 heterocycles. The maximum atomic E-state index is 13.0. The summed E-state index contributed by atoms with van der Waals surface area (Å²) in [5.41, 5.74) is 1.64. The maximum absolute atomic E-state index is 13.0. The van der Waals surface area contributed by atoms with Crippen molar-refractivity contribution in [2.24, 2.45) is 7.05 Å². The molecule has 1 aromatic carbocycles. The van der Waals surface area contributed by atoms with E-state index in [1.807, 2.05) is 11.0 Å². The van der Waals surface area contributed by atoms with Gasteiger partial charge in [0, 0.05) is 39.6 Å². The molecule has 4 rings (SSSR count). The second-order valence-electron chi connectivity index (χ2n) is 8.10. The summed E-state index contributed by atoms with van der Waals surface area (Å²) in [5, 5.41) is 11.2. The quantitative estimate of drug-likeness (QED) is 0.481. The van der Waals surface area contributed by atoms with E-state index in [2.05, 4.69) is 22.1 Å². The van der Waals surface area contributed by atoms with Gasteiger partial charge < -0.3 is 5.11 Å². The molecule has 1 unspecified atom stereocenters. The van der Waals surface area contributed by atoms with Crippen molar-refractivity contribution in [3.05, 3.63) is 34.2 Å². The van der Waals surface area contributed by atoms with Crippen molar-refractivity contribution < 1.29 is 19.5 Å². The maximum Gasteiger partial charge on any atom is 0.329 e. The fraction of sp³-hybridized carbons (Fsp3) is 0.455. The Labute approximate surface area is 184 Å². The number of rotatable bonds is 4. The summed E-state index contributed by atoms with van der Waals surface area (Å²) in [4.78, 5) is 51.7. The number of para-hydroxylation sites is 1. The smallest absolute Gasteiger partial charge is 0.329 e. The second-order valence-corrected chi connectivity index (χ2v) is 8.10. The minimum atomic E-state index is -0.818. The average Bonchev–Trinajstić information content (AvgIpc) is 3.00. The first-order chi connectivity index (χ1) is 15.3. The van der Waals surface area contributed by atoms with E-state index in [1.165, 1.54) is 9.13 Å². The van der Waals surface area contributed by atoms with Crippen LogP contribution < -0.4 is 11.0 Å². The molecule has 0 aliphatic carbocycles. The molecule has 2 saturated heterocycles. The van der Waals surface area contributed by atoms with Gasteiger partial charge in [-0.3, -0.25) is 38.6 Å². The fourth-order valence-corrected chi connectivity index (χ4v) is 4.31. The molecule has 2 amide bonds. The minimum Gasteiger partial charge on any atom is -0.480 e. The van der Waals surface area contributed by atoms with Crippen molar-refractivity contribution in [1.29, 1.82) is 0 Å². The Morgan fingerprint density at radius 2 is 1.88 bits per heavy atom. The summed E-state index contributed by atoms with van der Waals surface area (Å²) in [7, 11) is 1.65. The lowest BCUT2D eigenvalue weighted by Crippen LogP contribution is -2.47. The van der Waals surface area contributed by atoms with Crippen LogP contribution in [0, 0.1) is 11.8 Å². The lowest BCUT2D eigenvalue weighted by atomic mass is 10.1. The number of piperazine rings is 1. The molecular weight excluding hydrogens is 414 g/mol. The van der Waals surface area contributed by atoms with Crippen LogP contribution in [0.4, 0.5) is 0 Å². The summed E-state index contributed by atoms with van der Waals surface area (Å²) >= 11 is 0. The molecule has 168 valence electrons. The van der Waals surface area contributed by atoms with Crippen molar-refractivity contribution in [2.45, 2.75) is 18.9 Å². The molecule has 10 heteroatoms. The van der Waals surface area contributed by atoms with Gasteiger partial charge in [0.25, 0.3) is 0 Å². The Kier molecular flexibility index (Phi) is 6.12. The van der Waals surface area contributed by atoms with Crippen LogP contribution in [-0.2, 0) is 21.4 Å². The number of carbonyl (C=O) groups excluding carboxylic acids is 2. The number of benzene rings is 1. The van der Waals surface area contributed by atoms with E-state index in [1.54, 1.807) is 19.2 Å². The van der Waals surface area contributed by atoms with Gasteiger partial charge >= 0.3 is 11.7 Å². The highest BCUT2D eigenvalue weighted by molar-refractivity contribution is 6.00. The molecule has 2 fully saturated rings. The molecule has 0 radical (unpaired) electrons. The van der Waals surface area contributed by atoms with Crippen LogP contribution in [-0.4, -0.2) is 81.1 Å². The monoisotopic (exact) mass is 439 g/mol. The van der Waals surface area contributed by atoms with Gasteiger partial charge in [0.05, 0.1) is 29.7 Å². The molecular formula is C22H25N5O5. The number of aromatic nitrogens is 2. The number of carboxylic acid groups (broad SMARTS) is 1. The van der Waals surface area contributed by atoms with Crippen LogP contribution in [0.2, 0.25) is 0 Å². The zero-order valence-corrected chi connectivity index (χ0v) is 17.8. The number of imidazole rings is 1. The van der Waals surface area contributed by atoms with Gasteiger partial charge in [-0.2, -0.15) is 0 Å². The number of nitrogens with zero attached hydrogens (tertiary/aromatic N) is 4. The van der Waals surface area contributed by atoms with E-state index < -0.39 is 17.9 Å². The molecule has 0 spiro atoms. The molecule has 0 saturated carbocycles. The number of aliphatic carboxylic acids is 1. The Balaban J connectivity index is 1.54. The summed E-state index contributed by atoms with van der Waals surface area (Å²) in [6, 6.07) is 4.70. The zero-order valence-electron chi connectivity index (χ0n) is 17.8. The van der Waals surface area contributed by atoms with Crippen LogP contribution in [0.15, 0.2) is 23.0 Å². The van der Waals surface area contributed by atoms with Crippen molar-refractivity contribution >= 4 is 28.8 Å². The van der Waals surface area contributed by atoms with E-state index in [9.17, 15) is 19.2 Å². The fourth-order valence-electron chi connectivity index (χ4n) is 4.31. The zero-order chi connectivity index (χ0) is 22.8. The van der Waals surface area contributed by atoms with Gasteiger partial charge in [0.1, 0.15) is 6.04 Å². The van der Waals surface area contributed by atoms with E-state index in [-0.39, 0.29) is 31.0 Å². The summed E-state index contributed by atoms with van der Waals surface area (Å²) in [6.07, 6.45) is 0.478. The predicted molar refractivity (Wildman–Crippen MR) is 116 cm³/mol. The molecule has 32 heavy (non-hydrogen) atoms. The van der Waals surface area contributed by atoms with Crippen molar-refractivity contribution in [1.82, 2.24) is 24.3 Å². The van der Waals surface area contributed by atoms with E-state index in [0.717, 1.165) is 13.1 Å². The second kappa shape index (κ2) is 8.98. The van der Waals surface area contributed by atoms with E-state index in [4.69, 9.17) is 5.11 Å². The average molecular weight is 439 g/mol. The summed E-state index contributed by atoms with van der Waals surface area (Å²) in [5.74, 6) is 4.71. The number of hydrogen-bond acceptors (Lipinski definition) is 6. The normalized spacial score (nSPS) is 20.1. The standard InChI is InChI=1S/C22H25N5O5/c1-24-20-15(5-3-9-25-10-12-26(13-11-25)14-19(29)30)4-2-6-16(20)27(22(24)32)17-7-8-18(28)23-21(17)31/h2,4,6,17H,7-14H2,1H3,(H,29,30)(H,23,28,31). The highest BCUT2D eigenvalue weighted by Crippen LogP contribution is 2.24. The van der Waals surface area contributed by atoms with Crippen LogP contribution in [0.3, 0.4) is 0 Å². The van der Waals surface area contributed by atoms with Crippen LogP contribution >= 0.6 is 0 Å². The first-order valence-electron chi connectivity index (χ1n) is 10.5. The molecule has 0 bridgehead atoms. The number of carboxylic acids is 1. The number of carbonyl (C=O) groups is 3. The van der Waals surface area contributed by atoms with Gasteiger partial charge in [0.2, 0.25) is 11.8 Å². The summed E-state index contributed by atoms with van der Waals surface area (Å²) in [6.45, 7) is 3.46. The molecule has 2 aliphatic rings. The van der Waals surface area contributed by atoms with Gasteiger partial charge in [0.15, 0.2) is 0 Å². The van der Waals surface area contributed by atoms with E-state index >= 15 is 0 Å². The van der Waals surface area contributed by atoms with Crippen molar-refractivity contribution in [3.8, 4) is 11.8 Å². The number of hydrogen-bond donors (Lipinski definition) is 2. The molecule has 2 N–H and O–H groups in total. The number of aryl methyl sites for hydroxylation is 1. The Bertz CT molecular complexity index is 1190. The molecule has 2 aromatic rings. The summed E-state index contributed by atoms with van der Waals surface area (Å²) < 4.78 is 2.94. The Morgan fingerprint density at radius 1 is 1.16 bits per heavy atom. The van der Waals surface area contributed by atoms with Crippen LogP contribution in [0.25, 0.3) is 11.0 Å². The van der Waals surface area contributed by atoms with Gasteiger partial charge in [-0.05, 0) is 18.6 Å². The topological polar surface area (TPSA) is 117 Å². The van der Waals surface area contributed by atoms with E-state index in [0.29, 0.717) is 36.2 Å². The number of amides is 2. The largest absolute Gasteiger partial charge is 0.480 e. The molecule has 1 aromatic heterocycles. The van der Waals surface area contributed by atoms with Gasteiger partial charge in [-0.25, -0.2) is 4.79 Å². The minimum absolute atomic E-state index is 0.0553. The number of fused-ring (bicyclic) bond motifs is 1. The highest BCUT2D eigenvalue weighted by Gasteiger charge is 2.31. The first kappa shape index (κ1) is 21.8. The third-order valence-electron chi connectivity index (χ3n) is 5.97. The SMILES string of the molecule is Cn1c(=O)n(C2CCC(=O)NC2=O)c2cccc(C#CCN3CCN(CC(=O)O)CC3)c21. The number of imide groups is 1. The van der Waals surface area contributed by atoms with Crippen LogP contribution in [0.5, 0.6) is 0 Å². The third-order valence-corrected chi connectivity index (χ3v) is 5.97. The lowest BCUT2D eigenvalue weighted by molar-refractivity contribution is -0.139. The molecule has 10 nitrogen and oxygen atoms in total. The molecule has 2 aliphatic heterocycles. The van der Waals surface area contributed by atoms with Gasteiger partial charge in [-0.15, -0.1) is 0 Å². The third kappa shape index (κ3) is 4.30. The first-order valence-corrected chi connectivity index (χ1v) is 10.5. The number of piperidine rings is 1. The van der Waals surface area contributed by atoms with Crippen molar-refractivity contribution in [2.75, 3.05) is 39.3 Å². The van der Waals surface area contributed by atoms with Crippen LogP contribution in [0.1, 0.15) is 24.4 Å². The van der Waals surface area contributed by atoms with Crippen molar-refractivity contribution in [3.63, 3.8) is 0 Å². The Morgan fingerprint density at radius 3 is 2.56 bits per heavy atom. The Hall–Kier alpha value is -3.42. The highest BCUT2D eigenvalue weighted by atomic mass is 16.4. The lowest BCUT2D eigenvalue weighted by Gasteiger charge is -2.32. The predicted octanol–water partition coefficient (Wildman–Crippen LogP) is -0.629.